The highest BCUT2D eigenvalue weighted by Gasteiger charge is 2.18. The second kappa shape index (κ2) is 10.1. The highest BCUT2D eigenvalue weighted by atomic mass is 32.2. The molecule has 0 aliphatic carbocycles. The Kier molecular flexibility index (Phi) is 8.53. The molecule has 0 aromatic heterocycles. The minimum absolute atomic E-state index is 0.158. The Morgan fingerprint density at radius 2 is 1.77 bits per heavy atom. The van der Waals surface area contributed by atoms with Crippen LogP contribution in [0, 0.1) is 0 Å². The lowest BCUT2D eigenvalue weighted by Crippen LogP contribution is -2.40. The lowest BCUT2D eigenvalue weighted by atomic mass is 10.1. The standard InChI is InChI=1S/C17H27N3O5S/c1-13(14-5-7-15(8-6-14)26(4,23)24)20(2)17(22)19-10-9-16(21)18-11-12-25-3/h5-8,13H,9-12H2,1-4H3,(H,18,21)(H,19,22). The van der Waals surface area contributed by atoms with Gasteiger partial charge in [-0.2, -0.15) is 0 Å². The molecule has 0 spiro atoms. The van der Waals surface area contributed by atoms with Crippen LogP contribution in [0.5, 0.6) is 0 Å². The number of rotatable bonds is 9. The first-order chi connectivity index (χ1) is 12.2. The van der Waals surface area contributed by atoms with Gasteiger partial charge in [0.05, 0.1) is 17.5 Å². The molecule has 0 bridgehead atoms. The third-order valence-corrected chi connectivity index (χ3v) is 5.08. The van der Waals surface area contributed by atoms with E-state index in [9.17, 15) is 18.0 Å². The van der Waals surface area contributed by atoms with E-state index in [1.54, 1.807) is 26.3 Å². The molecule has 1 unspecified atom stereocenters. The van der Waals surface area contributed by atoms with Gasteiger partial charge in [-0.25, -0.2) is 13.2 Å². The van der Waals surface area contributed by atoms with E-state index in [2.05, 4.69) is 10.6 Å². The van der Waals surface area contributed by atoms with Crippen molar-refractivity contribution in [1.29, 1.82) is 0 Å². The Hall–Kier alpha value is -2.13. The molecule has 1 aromatic rings. The summed E-state index contributed by atoms with van der Waals surface area (Å²) in [4.78, 5) is 25.5. The van der Waals surface area contributed by atoms with Crippen LogP contribution in [0.2, 0.25) is 0 Å². The molecule has 0 saturated heterocycles. The van der Waals surface area contributed by atoms with Crippen LogP contribution in [0.3, 0.4) is 0 Å². The van der Waals surface area contributed by atoms with E-state index in [1.165, 1.54) is 17.0 Å². The highest BCUT2D eigenvalue weighted by Crippen LogP contribution is 2.20. The van der Waals surface area contributed by atoms with Gasteiger partial charge in [-0.3, -0.25) is 4.79 Å². The van der Waals surface area contributed by atoms with Crippen molar-refractivity contribution in [2.24, 2.45) is 0 Å². The molecule has 1 aromatic carbocycles. The molecule has 0 fully saturated rings. The number of amides is 3. The summed E-state index contributed by atoms with van der Waals surface area (Å²) in [5.74, 6) is -0.158. The van der Waals surface area contributed by atoms with Crippen LogP contribution in [0.15, 0.2) is 29.2 Å². The fourth-order valence-corrected chi connectivity index (χ4v) is 2.81. The van der Waals surface area contributed by atoms with Crippen molar-refractivity contribution in [1.82, 2.24) is 15.5 Å². The number of methoxy groups -OCH3 is 1. The molecule has 26 heavy (non-hydrogen) atoms. The molecule has 0 aliphatic rings. The van der Waals surface area contributed by atoms with Crippen LogP contribution in [-0.2, 0) is 19.4 Å². The van der Waals surface area contributed by atoms with Crippen molar-refractivity contribution in [2.75, 3.05) is 40.1 Å². The first-order valence-corrected chi connectivity index (χ1v) is 10.1. The van der Waals surface area contributed by atoms with E-state index >= 15 is 0 Å². The second-order valence-corrected chi connectivity index (χ2v) is 7.97. The van der Waals surface area contributed by atoms with Gasteiger partial charge in [-0.1, -0.05) is 12.1 Å². The van der Waals surface area contributed by atoms with Crippen molar-refractivity contribution in [3.8, 4) is 0 Å². The predicted octanol–water partition coefficient (Wildman–Crippen LogP) is 0.945. The Bertz CT molecular complexity index is 704. The average molecular weight is 385 g/mol. The molecule has 8 nitrogen and oxygen atoms in total. The number of carbonyl (C=O) groups is 2. The molecule has 2 N–H and O–H groups in total. The lowest BCUT2D eigenvalue weighted by Gasteiger charge is -2.25. The number of ether oxygens (including phenoxy) is 1. The summed E-state index contributed by atoms with van der Waals surface area (Å²) in [7, 11) is -0.0535. The highest BCUT2D eigenvalue weighted by molar-refractivity contribution is 7.90. The van der Waals surface area contributed by atoms with Crippen molar-refractivity contribution >= 4 is 21.8 Å². The van der Waals surface area contributed by atoms with Crippen LogP contribution >= 0.6 is 0 Å². The molecular weight excluding hydrogens is 358 g/mol. The summed E-state index contributed by atoms with van der Waals surface area (Å²) in [6.07, 6.45) is 1.33. The van der Waals surface area contributed by atoms with Crippen LogP contribution in [0.25, 0.3) is 0 Å². The number of benzene rings is 1. The van der Waals surface area contributed by atoms with Gasteiger partial charge in [0.25, 0.3) is 0 Å². The number of nitrogens with one attached hydrogen (secondary N) is 2. The first kappa shape index (κ1) is 21.9. The first-order valence-electron chi connectivity index (χ1n) is 8.23. The Labute approximate surface area is 154 Å². The minimum Gasteiger partial charge on any atom is -0.383 e. The summed E-state index contributed by atoms with van der Waals surface area (Å²) < 4.78 is 27.8. The molecule has 0 aliphatic heterocycles. The number of hydrogen-bond donors (Lipinski definition) is 2. The molecule has 3 amide bonds. The van der Waals surface area contributed by atoms with Crippen LogP contribution in [-0.4, -0.2) is 65.4 Å². The van der Waals surface area contributed by atoms with E-state index in [4.69, 9.17) is 4.74 Å². The fourth-order valence-electron chi connectivity index (χ4n) is 2.18. The van der Waals surface area contributed by atoms with E-state index in [-0.39, 0.29) is 35.8 Å². The predicted molar refractivity (Wildman–Crippen MR) is 98.6 cm³/mol. The number of hydrogen-bond acceptors (Lipinski definition) is 5. The van der Waals surface area contributed by atoms with Gasteiger partial charge in [-0.05, 0) is 24.6 Å². The quantitative estimate of drug-likeness (QED) is 0.616. The summed E-state index contributed by atoms with van der Waals surface area (Å²) in [5.41, 5.74) is 0.812. The molecule has 146 valence electrons. The summed E-state index contributed by atoms with van der Waals surface area (Å²) >= 11 is 0. The number of urea groups is 1. The number of carbonyl (C=O) groups excluding carboxylic acids is 2. The summed E-state index contributed by atoms with van der Waals surface area (Å²) in [6.45, 7) is 2.94. The lowest BCUT2D eigenvalue weighted by molar-refractivity contribution is -0.121. The van der Waals surface area contributed by atoms with Crippen LogP contribution in [0.1, 0.15) is 24.9 Å². The fraction of sp³-hybridized carbons (Fsp3) is 0.529. The molecule has 1 atom stereocenters. The molecule has 0 saturated carbocycles. The van der Waals surface area contributed by atoms with Gasteiger partial charge in [-0.15, -0.1) is 0 Å². The third-order valence-electron chi connectivity index (χ3n) is 3.95. The normalized spacial score (nSPS) is 12.3. The Morgan fingerprint density at radius 3 is 2.31 bits per heavy atom. The zero-order valence-corrected chi connectivity index (χ0v) is 16.4. The van der Waals surface area contributed by atoms with E-state index in [0.29, 0.717) is 13.2 Å². The third kappa shape index (κ3) is 7.01. The van der Waals surface area contributed by atoms with Crippen LogP contribution < -0.4 is 10.6 Å². The molecule has 0 heterocycles. The second-order valence-electron chi connectivity index (χ2n) is 5.95. The molecule has 1 rings (SSSR count). The van der Waals surface area contributed by atoms with Gasteiger partial charge in [0.1, 0.15) is 0 Å². The van der Waals surface area contributed by atoms with Crippen molar-refractivity contribution in [3.63, 3.8) is 0 Å². The van der Waals surface area contributed by atoms with E-state index in [0.717, 1.165) is 11.8 Å². The average Bonchev–Trinajstić information content (AvgIpc) is 2.60. The maximum absolute atomic E-state index is 12.2. The maximum Gasteiger partial charge on any atom is 0.317 e. The van der Waals surface area contributed by atoms with Gasteiger partial charge < -0.3 is 20.3 Å². The van der Waals surface area contributed by atoms with E-state index < -0.39 is 9.84 Å². The van der Waals surface area contributed by atoms with Gasteiger partial charge in [0, 0.05) is 39.9 Å². The summed E-state index contributed by atoms with van der Waals surface area (Å²) in [5, 5.41) is 5.36. The zero-order valence-electron chi connectivity index (χ0n) is 15.6. The van der Waals surface area contributed by atoms with Crippen LogP contribution in [0.4, 0.5) is 4.79 Å². The van der Waals surface area contributed by atoms with Gasteiger partial charge in [0.15, 0.2) is 9.84 Å². The van der Waals surface area contributed by atoms with Crippen molar-refractivity contribution in [3.05, 3.63) is 29.8 Å². The zero-order chi connectivity index (χ0) is 19.7. The smallest absolute Gasteiger partial charge is 0.317 e. The minimum atomic E-state index is -3.25. The maximum atomic E-state index is 12.2. The Balaban J connectivity index is 2.50. The van der Waals surface area contributed by atoms with Crippen molar-refractivity contribution < 1.29 is 22.7 Å². The van der Waals surface area contributed by atoms with Crippen molar-refractivity contribution in [2.45, 2.75) is 24.3 Å². The topological polar surface area (TPSA) is 105 Å². The SMILES string of the molecule is COCCNC(=O)CCNC(=O)N(C)C(C)c1ccc(S(C)(=O)=O)cc1. The molecule has 9 heteroatoms. The molecular formula is C17H27N3O5S. The number of nitrogens with zero attached hydrogens (tertiary/aromatic N) is 1. The number of sulfone groups is 1. The van der Waals surface area contributed by atoms with Gasteiger partial charge >= 0.3 is 6.03 Å². The van der Waals surface area contributed by atoms with E-state index in [1.807, 2.05) is 6.92 Å². The summed E-state index contributed by atoms with van der Waals surface area (Å²) in [6, 6.07) is 5.87. The monoisotopic (exact) mass is 385 g/mol. The molecule has 0 radical (unpaired) electrons. The largest absolute Gasteiger partial charge is 0.383 e. The Morgan fingerprint density at radius 1 is 1.15 bits per heavy atom. The van der Waals surface area contributed by atoms with Gasteiger partial charge in [0.2, 0.25) is 5.91 Å².